The molecule has 0 radical (unpaired) electrons. The lowest BCUT2D eigenvalue weighted by Gasteiger charge is -2.03. The smallest absolute Gasteiger partial charge is 0.371 e. The molecule has 0 aliphatic heterocycles. The Hall–Kier alpha value is -3.07. The van der Waals surface area contributed by atoms with Crippen LogP contribution in [0.1, 0.15) is 16.3 Å². The van der Waals surface area contributed by atoms with Gasteiger partial charge in [-0.2, -0.15) is 0 Å². The fourth-order valence-electron chi connectivity index (χ4n) is 2.03. The predicted octanol–water partition coefficient (Wildman–Crippen LogP) is 2.42. The van der Waals surface area contributed by atoms with Gasteiger partial charge in [-0.3, -0.25) is 9.78 Å². The van der Waals surface area contributed by atoms with Crippen LogP contribution in [-0.2, 0) is 5.75 Å². The van der Waals surface area contributed by atoms with Gasteiger partial charge in [0.25, 0.3) is 5.56 Å². The van der Waals surface area contributed by atoms with Gasteiger partial charge in [0.15, 0.2) is 10.9 Å². The van der Waals surface area contributed by atoms with Crippen molar-refractivity contribution in [2.24, 2.45) is 0 Å². The van der Waals surface area contributed by atoms with E-state index in [9.17, 15) is 9.59 Å². The fourth-order valence-corrected chi connectivity index (χ4v) is 2.73. The van der Waals surface area contributed by atoms with Crippen LogP contribution in [0.15, 0.2) is 50.8 Å². The molecule has 0 aliphatic rings. The molecule has 0 fully saturated rings. The van der Waals surface area contributed by atoms with E-state index in [1.807, 2.05) is 0 Å². The number of furan rings is 1. The summed E-state index contributed by atoms with van der Waals surface area (Å²) in [5.74, 6) is 0.196. The number of thioether (sulfide) groups is 1. The molecule has 0 bridgehead atoms. The van der Waals surface area contributed by atoms with E-state index in [4.69, 9.17) is 14.3 Å². The lowest BCUT2D eigenvalue weighted by atomic mass is 10.1. The molecule has 0 atom stereocenters. The Bertz CT molecular complexity index is 949. The number of rotatable bonds is 6. The first-order valence-corrected chi connectivity index (χ1v) is 8.11. The van der Waals surface area contributed by atoms with Crippen LogP contribution in [0, 0.1) is 0 Å². The number of aromatic carboxylic acids is 1. The van der Waals surface area contributed by atoms with Gasteiger partial charge in [-0.05, 0) is 36.4 Å². The Morgan fingerprint density at radius 2 is 2.00 bits per heavy atom. The third-order valence-corrected chi connectivity index (χ3v) is 4.15. The number of hydrogen-bond acceptors (Lipinski definition) is 7. The van der Waals surface area contributed by atoms with Gasteiger partial charge < -0.3 is 14.3 Å². The number of aromatic nitrogens is 3. The molecule has 0 saturated heterocycles. The first kappa shape index (κ1) is 16.8. The van der Waals surface area contributed by atoms with Gasteiger partial charge in [0.1, 0.15) is 11.5 Å². The Morgan fingerprint density at radius 1 is 1.24 bits per heavy atom. The third kappa shape index (κ3) is 3.89. The van der Waals surface area contributed by atoms with Crippen LogP contribution in [0.5, 0.6) is 5.75 Å². The minimum Gasteiger partial charge on any atom is -0.497 e. The largest absolute Gasteiger partial charge is 0.497 e. The molecule has 8 nitrogen and oxygen atoms in total. The van der Waals surface area contributed by atoms with Crippen molar-refractivity contribution in [3.8, 4) is 17.0 Å². The van der Waals surface area contributed by atoms with E-state index in [0.717, 1.165) is 0 Å². The average Bonchev–Trinajstić information content (AvgIpc) is 3.10. The molecule has 25 heavy (non-hydrogen) atoms. The number of nitrogens with zero attached hydrogens (tertiary/aromatic N) is 2. The van der Waals surface area contributed by atoms with Crippen molar-refractivity contribution in [3.63, 3.8) is 0 Å². The van der Waals surface area contributed by atoms with Crippen molar-refractivity contribution in [1.82, 2.24) is 15.2 Å². The van der Waals surface area contributed by atoms with Crippen molar-refractivity contribution in [2.45, 2.75) is 10.9 Å². The van der Waals surface area contributed by atoms with Crippen molar-refractivity contribution in [1.29, 1.82) is 0 Å². The van der Waals surface area contributed by atoms with Crippen molar-refractivity contribution < 1.29 is 19.1 Å². The molecule has 2 heterocycles. The van der Waals surface area contributed by atoms with Crippen LogP contribution in [-0.4, -0.2) is 33.4 Å². The van der Waals surface area contributed by atoms with Crippen LogP contribution in [0.2, 0.25) is 0 Å². The highest BCUT2D eigenvalue weighted by Crippen LogP contribution is 2.21. The number of hydrogen-bond donors (Lipinski definition) is 2. The van der Waals surface area contributed by atoms with Gasteiger partial charge >= 0.3 is 5.97 Å². The van der Waals surface area contributed by atoms with Crippen molar-refractivity contribution in [3.05, 3.63) is 58.3 Å². The molecule has 128 valence electrons. The summed E-state index contributed by atoms with van der Waals surface area (Å²) in [4.78, 5) is 25.6. The molecular weight excluding hydrogens is 346 g/mol. The summed E-state index contributed by atoms with van der Waals surface area (Å²) >= 11 is 1.19. The van der Waals surface area contributed by atoms with E-state index in [2.05, 4.69) is 15.2 Å². The van der Waals surface area contributed by atoms with E-state index in [-0.39, 0.29) is 17.0 Å². The molecule has 0 spiro atoms. The second-order valence-corrected chi connectivity index (χ2v) is 5.86. The lowest BCUT2D eigenvalue weighted by Crippen LogP contribution is -2.14. The zero-order valence-electron chi connectivity index (χ0n) is 13.1. The lowest BCUT2D eigenvalue weighted by molar-refractivity contribution is 0.0661. The molecule has 0 saturated carbocycles. The zero-order valence-corrected chi connectivity index (χ0v) is 13.9. The second kappa shape index (κ2) is 7.22. The predicted molar refractivity (Wildman–Crippen MR) is 89.9 cm³/mol. The average molecular weight is 359 g/mol. The number of H-pyrrole nitrogens is 1. The van der Waals surface area contributed by atoms with Gasteiger partial charge in [-0.25, -0.2) is 4.79 Å². The molecule has 9 heteroatoms. The van der Waals surface area contributed by atoms with E-state index in [1.54, 1.807) is 37.4 Å². The number of ether oxygens (including phenoxy) is 1. The van der Waals surface area contributed by atoms with Gasteiger partial charge in [-0.1, -0.05) is 11.8 Å². The standard InChI is InChI=1S/C16H13N3O5S/c1-23-10-4-2-9(3-5-10)13-14(20)17-16(19-18-13)25-8-11-6-7-12(24-11)15(21)22/h2-7H,8H2,1H3,(H,21,22)(H,17,19,20). The summed E-state index contributed by atoms with van der Waals surface area (Å²) in [6.07, 6.45) is 0. The number of carboxylic acids is 1. The van der Waals surface area contributed by atoms with Gasteiger partial charge in [0.2, 0.25) is 5.76 Å². The van der Waals surface area contributed by atoms with E-state index >= 15 is 0 Å². The number of aromatic amines is 1. The minimum absolute atomic E-state index is 0.134. The Kier molecular flexibility index (Phi) is 4.85. The van der Waals surface area contributed by atoms with Crippen molar-refractivity contribution in [2.75, 3.05) is 7.11 Å². The summed E-state index contributed by atoms with van der Waals surface area (Å²) in [6.45, 7) is 0. The van der Waals surface area contributed by atoms with Gasteiger partial charge in [-0.15, -0.1) is 10.2 Å². The molecule has 0 amide bonds. The van der Waals surface area contributed by atoms with Gasteiger partial charge in [0, 0.05) is 5.56 Å². The number of carboxylic acid groups (broad SMARTS) is 1. The Morgan fingerprint density at radius 3 is 2.60 bits per heavy atom. The highest BCUT2D eigenvalue weighted by molar-refractivity contribution is 7.98. The van der Waals surface area contributed by atoms with Gasteiger partial charge in [0.05, 0.1) is 12.9 Å². The van der Waals surface area contributed by atoms with Crippen molar-refractivity contribution >= 4 is 17.7 Å². The highest BCUT2D eigenvalue weighted by Gasteiger charge is 2.11. The molecule has 0 aliphatic carbocycles. The summed E-state index contributed by atoms with van der Waals surface area (Å²) in [7, 11) is 1.56. The zero-order chi connectivity index (χ0) is 17.8. The summed E-state index contributed by atoms with van der Waals surface area (Å²) in [5.41, 5.74) is 0.467. The fraction of sp³-hybridized carbons (Fsp3) is 0.125. The Balaban J connectivity index is 1.72. The van der Waals surface area contributed by atoms with Crippen LogP contribution in [0.25, 0.3) is 11.3 Å². The van der Waals surface area contributed by atoms with E-state index in [1.165, 1.54) is 17.8 Å². The summed E-state index contributed by atoms with van der Waals surface area (Å²) in [6, 6.07) is 9.85. The monoisotopic (exact) mass is 359 g/mol. The summed E-state index contributed by atoms with van der Waals surface area (Å²) < 4.78 is 10.2. The van der Waals surface area contributed by atoms with E-state index in [0.29, 0.717) is 28.0 Å². The van der Waals surface area contributed by atoms with Crippen LogP contribution in [0.4, 0.5) is 0 Å². The minimum atomic E-state index is -1.13. The maximum atomic E-state index is 12.2. The maximum absolute atomic E-state index is 12.2. The molecule has 2 N–H and O–H groups in total. The van der Waals surface area contributed by atoms with Crippen LogP contribution < -0.4 is 10.3 Å². The second-order valence-electron chi connectivity index (χ2n) is 4.90. The molecule has 0 unspecified atom stereocenters. The molecule has 1 aromatic carbocycles. The maximum Gasteiger partial charge on any atom is 0.371 e. The number of nitrogens with one attached hydrogen (secondary N) is 1. The number of methoxy groups -OCH3 is 1. The highest BCUT2D eigenvalue weighted by atomic mass is 32.2. The number of benzene rings is 1. The molecule has 3 rings (SSSR count). The topological polar surface area (TPSA) is 118 Å². The molecular formula is C16H13N3O5S. The van der Waals surface area contributed by atoms with E-state index < -0.39 is 5.97 Å². The van der Waals surface area contributed by atoms with Crippen LogP contribution >= 0.6 is 11.8 Å². The molecule has 2 aromatic heterocycles. The van der Waals surface area contributed by atoms with Crippen LogP contribution in [0.3, 0.4) is 0 Å². The Labute approximate surface area is 145 Å². The molecule has 3 aromatic rings. The summed E-state index contributed by atoms with van der Waals surface area (Å²) in [5, 5.41) is 17.1. The third-order valence-electron chi connectivity index (χ3n) is 3.26. The normalized spacial score (nSPS) is 10.6. The number of carbonyl (C=O) groups is 1. The first-order valence-electron chi connectivity index (χ1n) is 7.13. The quantitative estimate of drug-likeness (QED) is 0.644. The first-order chi connectivity index (χ1) is 12.1. The SMILES string of the molecule is COc1ccc(-c2nnc(SCc3ccc(C(=O)O)o3)[nH]c2=O)cc1.